The minimum Gasteiger partial charge on any atom is -0.339 e. The summed E-state index contributed by atoms with van der Waals surface area (Å²) in [6.45, 7) is 5.84. The zero-order valence-electron chi connectivity index (χ0n) is 12.9. The molecule has 1 fully saturated rings. The Morgan fingerprint density at radius 2 is 2.14 bits per heavy atom. The van der Waals surface area contributed by atoms with Crippen LogP contribution in [0.25, 0.3) is 0 Å². The highest BCUT2D eigenvalue weighted by atomic mass is 32.1. The fraction of sp³-hybridized carbons (Fsp3) is 0.692. The first-order valence-corrected chi connectivity index (χ1v) is 7.66. The SMILES string of the molecule is CC(=O)N1CCN(C)CC1C(=O)N(C)Cc1snnc1C. The summed E-state index contributed by atoms with van der Waals surface area (Å²) >= 11 is 1.30. The third-order valence-electron chi connectivity index (χ3n) is 3.78. The van der Waals surface area contributed by atoms with Crippen LogP contribution in [0.15, 0.2) is 0 Å². The van der Waals surface area contributed by atoms with Crippen molar-refractivity contribution in [2.24, 2.45) is 0 Å². The predicted octanol–water partition coefficient (Wildman–Crippen LogP) is -0.0326. The minimum atomic E-state index is -0.410. The molecule has 7 nitrogen and oxygen atoms in total. The van der Waals surface area contributed by atoms with Crippen LogP contribution < -0.4 is 0 Å². The van der Waals surface area contributed by atoms with Gasteiger partial charge in [-0.25, -0.2) is 0 Å². The molecule has 0 saturated carbocycles. The van der Waals surface area contributed by atoms with Gasteiger partial charge in [0.1, 0.15) is 6.04 Å². The highest BCUT2D eigenvalue weighted by molar-refractivity contribution is 7.05. The van der Waals surface area contributed by atoms with Crippen molar-refractivity contribution in [1.82, 2.24) is 24.3 Å². The summed E-state index contributed by atoms with van der Waals surface area (Å²) in [4.78, 5) is 30.8. The first-order valence-electron chi connectivity index (χ1n) is 6.88. The minimum absolute atomic E-state index is 0.0375. The molecule has 1 saturated heterocycles. The van der Waals surface area contributed by atoms with E-state index in [1.165, 1.54) is 18.5 Å². The Morgan fingerprint density at radius 1 is 1.43 bits per heavy atom. The molecule has 2 amide bonds. The van der Waals surface area contributed by atoms with Gasteiger partial charge in [0.05, 0.1) is 17.1 Å². The lowest BCUT2D eigenvalue weighted by atomic mass is 10.1. The van der Waals surface area contributed by atoms with Gasteiger partial charge in [-0.1, -0.05) is 4.49 Å². The first-order chi connectivity index (χ1) is 9.90. The highest BCUT2D eigenvalue weighted by Gasteiger charge is 2.34. The Bertz CT molecular complexity index is 532. The molecule has 2 rings (SSSR count). The van der Waals surface area contributed by atoms with Crippen LogP contribution in [0.1, 0.15) is 17.5 Å². The Balaban J connectivity index is 2.08. The number of nitrogens with zero attached hydrogens (tertiary/aromatic N) is 5. The number of carbonyl (C=O) groups excluding carboxylic acids is 2. The number of hydrogen-bond acceptors (Lipinski definition) is 6. The van der Waals surface area contributed by atoms with Crippen molar-refractivity contribution in [3.05, 3.63) is 10.6 Å². The number of aryl methyl sites for hydroxylation is 1. The van der Waals surface area contributed by atoms with Gasteiger partial charge in [-0.05, 0) is 25.5 Å². The zero-order valence-corrected chi connectivity index (χ0v) is 13.7. The third-order valence-corrected chi connectivity index (χ3v) is 4.58. The monoisotopic (exact) mass is 311 g/mol. The molecule has 1 aliphatic heterocycles. The fourth-order valence-corrected chi connectivity index (χ4v) is 3.14. The van der Waals surface area contributed by atoms with Gasteiger partial charge in [0.15, 0.2) is 0 Å². The second-order valence-corrected chi connectivity index (χ2v) is 6.30. The summed E-state index contributed by atoms with van der Waals surface area (Å²) in [6, 6.07) is -0.410. The van der Waals surface area contributed by atoms with Gasteiger partial charge in [0, 0.05) is 33.6 Å². The predicted molar refractivity (Wildman–Crippen MR) is 79.8 cm³/mol. The lowest BCUT2D eigenvalue weighted by Gasteiger charge is -2.40. The molecule has 2 heterocycles. The lowest BCUT2D eigenvalue weighted by Crippen LogP contribution is -2.59. The first kappa shape index (κ1) is 15.8. The van der Waals surface area contributed by atoms with Crippen molar-refractivity contribution >= 4 is 23.3 Å². The maximum absolute atomic E-state index is 12.7. The Labute approximate surface area is 128 Å². The van der Waals surface area contributed by atoms with E-state index >= 15 is 0 Å². The number of carbonyl (C=O) groups is 2. The number of hydrogen-bond donors (Lipinski definition) is 0. The van der Waals surface area contributed by atoms with E-state index in [2.05, 4.69) is 14.5 Å². The fourth-order valence-electron chi connectivity index (χ4n) is 2.45. The van der Waals surface area contributed by atoms with E-state index < -0.39 is 6.04 Å². The summed E-state index contributed by atoms with van der Waals surface area (Å²) in [6.07, 6.45) is 0. The van der Waals surface area contributed by atoms with Crippen LogP contribution in [-0.4, -0.2) is 75.9 Å². The van der Waals surface area contributed by atoms with E-state index in [-0.39, 0.29) is 11.8 Å². The molecular formula is C13H21N5O2S. The molecule has 1 aromatic rings. The summed E-state index contributed by atoms with van der Waals surface area (Å²) in [7, 11) is 3.73. The highest BCUT2D eigenvalue weighted by Crippen LogP contribution is 2.15. The smallest absolute Gasteiger partial charge is 0.246 e. The van der Waals surface area contributed by atoms with Gasteiger partial charge in [0.2, 0.25) is 11.8 Å². The van der Waals surface area contributed by atoms with E-state index in [0.29, 0.717) is 19.6 Å². The van der Waals surface area contributed by atoms with E-state index in [9.17, 15) is 9.59 Å². The van der Waals surface area contributed by atoms with Crippen LogP contribution in [0.5, 0.6) is 0 Å². The normalized spacial score (nSPS) is 19.6. The van der Waals surface area contributed by atoms with Crippen molar-refractivity contribution in [3.8, 4) is 0 Å². The molecule has 0 aromatic carbocycles. The molecule has 0 bridgehead atoms. The topological polar surface area (TPSA) is 69.6 Å². The quantitative estimate of drug-likeness (QED) is 0.784. The van der Waals surface area contributed by atoms with E-state index in [1.54, 1.807) is 16.8 Å². The van der Waals surface area contributed by atoms with Gasteiger partial charge in [-0.3, -0.25) is 9.59 Å². The molecule has 0 radical (unpaired) electrons. The Kier molecular flexibility index (Phi) is 4.89. The summed E-state index contributed by atoms with van der Waals surface area (Å²) in [5.74, 6) is -0.0879. The molecule has 0 N–H and O–H groups in total. The van der Waals surface area contributed by atoms with Crippen LogP contribution in [0, 0.1) is 6.92 Å². The second kappa shape index (κ2) is 6.48. The van der Waals surface area contributed by atoms with Crippen molar-refractivity contribution < 1.29 is 9.59 Å². The zero-order chi connectivity index (χ0) is 15.6. The van der Waals surface area contributed by atoms with Gasteiger partial charge in [-0.15, -0.1) is 5.10 Å². The number of likely N-dealkylation sites (N-methyl/N-ethyl adjacent to an activating group) is 2. The van der Waals surface area contributed by atoms with Crippen molar-refractivity contribution in [2.45, 2.75) is 26.4 Å². The average Bonchev–Trinajstić information content (AvgIpc) is 2.83. The van der Waals surface area contributed by atoms with Crippen LogP contribution in [0.2, 0.25) is 0 Å². The maximum atomic E-state index is 12.7. The van der Waals surface area contributed by atoms with E-state index in [1.807, 2.05) is 14.0 Å². The molecule has 1 aromatic heterocycles. The summed E-state index contributed by atoms with van der Waals surface area (Å²) < 4.78 is 3.88. The Morgan fingerprint density at radius 3 is 2.71 bits per heavy atom. The van der Waals surface area contributed by atoms with Gasteiger partial charge < -0.3 is 14.7 Å². The van der Waals surface area contributed by atoms with Crippen LogP contribution in [-0.2, 0) is 16.1 Å². The van der Waals surface area contributed by atoms with Crippen LogP contribution in [0.4, 0.5) is 0 Å². The second-order valence-electron chi connectivity index (χ2n) is 5.47. The van der Waals surface area contributed by atoms with Gasteiger partial charge >= 0.3 is 0 Å². The molecule has 0 spiro atoms. The van der Waals surface area contributed by atoms with Crippen molar-refractivity contribution in [3.63, 3.8) is 0 Å². The molecule has 116 valence electrons. The summed E-state index contributed by atoms with van der Waals surface area (Å²) in [5, 5.41) is 3.95. The lowest BCUT2D eigenvalue weighted by molar-refractivity contribution is -0.147. The summed E-state index contributed by atoms with van der Waals surface area (Å²) in [5.41, 5.74) is 0.851. The van der Waals surface area contributed by atoms with Crippen LogP contribution in [0.3, 0.4) is 0 Å². The molecule has 21 heavy (non-hydrogen) atoms. The number of amides is 2. The van der Waals surface area contributed by atoms with Crippen LogP contribution >= 0.6 is 11.5 Å². The average molecular weight is 311 g/mol. The number of piperazine rings is 1. The van der Waals surface area contributed by atoms with Crippen molar-refractivity contribution in [1.29, 1.82) is 0 Å². The van der Waals surface area contributed by atoms with E-state index in [4.69, 9.17) is 0 Å². The van der Waals surface area contributed by atoms with Gasteiger partial charge in [-0.2, -0.15) is 0 Å². The molecular weight excluding hydrogens is 290 g/mol. The molecule has 1 unspecified atom stereocenters. The Hall–Kier alpha value is -1.54. The molecule has 1 aliphatic rings. The maximum Gasteiger partial charge on any atom is 0.246 e. The van der Waals surface area contributed by atoms with Crippen molar-refractivity contribution in [2.75, 3.05) is 33.7 Å². The third kappa shape index (κ3) is 3.56. The molecule has 0 aliphatic carbocycles. The largest absolute Gasteiger partial charge is 0.339 e. The van der Waals surface area contributed by atoms with E-state index in [0.717, 1.165) is 17.1 Å². The molecule has 8 heteroatoms. The number of rotatable bonds is 3. The standard InChI is InChI=1S/C13H21N5O2S/c1-9-12(21-15-14-9)8-17(4)13(20)11-7-16(3)5-6-18(11)10(2)19/h11H,5-8H2,1-4H3. The van der Waals surface area contributed by atoms with Gasteiger partial charge in [0.25, 0.3) is 0 Å². The number of aromatic nitrogens is 2. The molecule has 1 atom stereocenters.